The van der Waals surface area contributed by atoms with Crippen LogP contribution in [-0.2, 0) is 19.3 Å². The molecule has 0 aromatic heterocycles. The third kappa shape index (κ3) is 10.2. The Morgan fingerprint density at radius 1 is 0.848 bits per heavy atom. The summed E-state index contributed by atoms with van der Waals surface area (Å²) in [6.45, 7) is 13.9. The van der Waals surface area contributed by atoms with Crippen LogP contribution in [0.3, 0.4) is 0 Å². The summed E-state index contributed by atoms with van der Waals surface area (Å²) in [6.07, 6.45) is 0.563. The lowest BCUT2D eigenvalue weighted by Crippen LogP contribution is -2.35. The van der Waals surface area contributed by atoms with Gasteiger partial charge in [0.15, 0.2) is 28.9 Å². The third-order valence-electron chi connectivity index (χ3n) is 7.51. The molecular weight excluding hydrogens is 617 g/mol. The van der Waals surface area contributed by atoms with Crippen molar-refractivity contribution in [2.24, 2.45) is 5.41 Å². The van der Waals surface area contributed by atoms with E-state index in [4.69, 9.17) is 32.8 Å². The van der Waals surface area contributed by atoms with Gasteiger partial charge in [-0.05, 0) is 78.2 Å². The molecule has 3 aromatic carbocycles. The molecule has 0 radical (unpaired) electrons. The van der Waals surface area contributed by atoms with Crippen LogP contribution < -0.4 is 18.9 Å². The Hall–Kier alpha value is -3.13. The monoisotopic (exact) mass is 664 g/mol. The lowest BCUT2D eigenvalue weighted by molar-refractivity contribution is -0.0247. The molecule has 3 unspecified atom stereocenters. The average Bonchev–Trinajstić information content (AvgIpc) is 3.01. The maximum absolute atomic E-state index is 6.21. The normalized spacial score (nSPS) is 18.2. The zero-order valence-corrected chi connectivity index (χ0v) is 30.4. The minimum absolute atomic E-state index is 0.0606. The molecular formula is C37H48O7SSi. The van der Waals surface area contributed by atoms with Gasteiger partial charge in [-0.1, -0.05) is 57.7 Å². The number of hydrogen-bond donors (Lipinski definition) is 0. The van der Waals surface area contributed by atoms with E-state index >= 15 is 0 Å². The number of ether oxygens (including phenoxy) is 6. The predicted octanol–water partition coefficient (Wildman–Crippen LogP) is 8.02. The van der Waals surface area contributed by atoms with Gasteiger partial charge in [-0.15, -0.1) is 11.8 Å². The van der Waals surface area contributed by atoms with Crippen molar-refractivity contribution < 1.29 is 32.8 Å². The number of hydrogen-bond acceptors (Lipinski definition) is 8. The minimum Gasteiger partial charge on any atom is -0.481 e. The van der Waals surface area contributed by atoms with Crippen LogP contribution >= 0.6 is 11.8 Å². The summed E-state index contributed by atoms with van der Waals surface area (Å²) in [6, 6.07) is 22.1. The van der Waals surface area contributed by atoms with Crippen LogP contribution in [0, 0.1) is 17.3 Å². The second-order valence-electron chi connectivity index (χ2n) is 13.0. The van der Waals surface area contributed by atoms with Crippen molar-refractivity contribution in [3.63, 3.8) is 0 Å². The Labute approximate surface area is 280 Å². The number of fused-ring (bicyclic) bond motifs is 1. The van der Waals surface area contributed by atoms with Crippen LogP contribution in [0.5, 0.6) is 23.0 Å². The molecule has 0 saturated carbocycles. The first-order chi connectivity index (χ1) is 22.0. The van der Waals surface area contributed by atoms with Crippen molar-refractivity contribution in [3.05, 3.63) is 77.9 Å². The van der Waals surface area contributed by atoms with Gasteiger partial charge in [0.05, 0.1) is 5.92 Å². The highest BCUT2D eigenvalue weighted by molar-refractivity contribution is 7.99. The average molecular weight is 665 g/mol. The molecule has 0 fully saturated rings. The van der Waals surface area contributed by atoms with E-state index in [2.05, 4.69) is 76.9 Å². The van der Waals surface area contributed by atoms with Crippen molar-refractivity contribution >= 4 is 20.8 Å². The van der Waals surface area contributed by atoms with Gasteiger partial charge in [0, 0.05) is 36.7 Å². The molecule has 3 atom stereocenters. The van der Waals surface area contributed by atoms with Gasteiger partial charge in [-0.3, -0.25) is 0 Å². The Kier molecular flexibility index (Phi) is 12.9. The second kappa shape index (κ2) is 16.6. The Morgan fingerprint density at radius 2 is 1.43 bits per heavy atom. The Morgan fingerprint density at radius 3 is 2.07 bits per heavy atom. The highest BCUT2D eigenvalue weighted by Crippen LogP contribution is 2.50. The molecule has 1 aliphatic rings. The van der Waals surface area contributed by atoms with Crippen LogP contribution in [0.25, 0.3) is 0 Å². The summed E-state index contributed by atoms with van der Waals surface area (Å²) in [5.74, 6) is 10.8. The topological polar surface area (TPSA) is 64.6 Å². The molecule has 0 spiro atoms. The fourth-order valence-electron chi connectivity index (χ4n) is 5.25. The van der Waals surface area contributed by atoms with Gasteiger partial charge >= 0.3 is 0 Å². The van der Waals surface area contributed by atoms with Crippen molar-refractivity contribution in [1.82, 2.24) is 0 Å². The molecule has 248 valence electrons. The maximum atomic E-state index is 6.21. The van der Waals surface area contributed by atoms with E-state index in [1.807, 2.05) is 54.2 Å². The molecule has 7 nitrogen and oxygen atoms in total. The highest BCUT2D eigenvalue weighted by atomic mass is 32.2. The molecule has 4 rings (SSSR count). The second-order valence-corrected chi connectivity index (χ2v) is 16.4. The van der Waals surface area contributed by atoms with Crippen molar-refractivity contribution in [2.45, 2.75) is 69.7 Å². The van der Waals surface area contributed by atoms with Crippen LogP contribution in [0.4, 0.5) is 0 Å². The summed E-state index contributed by atoms with van der Waals surface area (Å²) >= 11 is 1.82. The lowest BCUT2D eigenvalue weighted by atomic mass is 9.70. The summed E-state index contributed by atoms with van der Waals surface area (Å²) in [4.78, 5) is 1.16. The van der Waals surface area contributed by atoms with E-state index in [0.29, 0.717) is 0 Å². The summed E-state index contributed by atoms with van der Waals surface area (Å²) in [7, 11) is 1.98. The zero-order valence-electron chi connectivity index (χ0n) is 28.4. The third-order valence-corrected chi connectivity index (χ3v) is 9.77. The highest BCUT2D eigenvalue weighted by Gasteiger charge is 2.41. The predicted molar refractivity (Wildman–Crippen MR) is 187 cm³/mol. The van der Waals surface area contributed by atoms with Crippen molar-refractivity contribution in [2.75, 3.05) is 40.2 Å². The van der Waals surface area contributed by atoms with Crippen LogP contribution in [-0.4, -0.2) is 55.5 Å². The largest absolute Gasteiger partial charge is 0.481 e. The van der Waals surface area contributed by atoms with Gasteiger partial charge in [0.1, 0.15) is 29.6 Å². The van der Waals surface area contributed by atoms with Crippen molar-refractivity contribution in [1.29, 1.82) is 0 Å². The first-order valence-electron chi connectivity index (χ1n) is 15.6. The molecule has 0 saturated heterocycles. The van der Waals surface area contributed by atoms with E-state index in [-0.39, 0.29) is 43.2 Å². The van der Waals surface area contributed by atoms with Gasteiger partial charge in [-0.2, -0.15) is 0 Å². The minimum atomic E-state index is -1.25. The number of benzene rings is 3. The fraction of sp³-hybridized carbons (Fsp3) is 0.459. The van der Waals surface area contributed by atoms with Crippen molar-refractivity contribution in [3.8, 4) is 34.8 Å². The lowest BCUT2D eigenvalue weighted by Gasteiger charge is -2.40. The number of rotatable bonds is 14. The maximum Gasteiger partial charge on any atom is 0.191 e. The molecule has 0 N–H and O–H groups in total. The summed E-state index contributed by atoms with van der Waals surface area (Å²) in [5, 5.41) is 0. The van der Waals surface area contributed by atoms with E-state index in [1.54, 1.807) is 14.2 Å². The van der Waals surface area contributed by atoms with E-state index < -0.39 is 9.04 Å². The Balaban J connectivity index is 1.50. The summed E-state index contributed by atoms with van der Waals surface area (Å²) in [5.41, 5.74) is 2.22. The molecule has 0 aliphatic carbocycles. The zero-order chi connectivity index (χ0) is 33.2. The molecule has 1 aliphatic heterocycles. The van der Waals surface area contributed by atoms with Gasteiger partial charge in [0.25, 0.3) is 0 Å². The van der Waals surface area contributed by atoms with Gasteiger partial charge < -0.3 is 32.8 Å². The standard InChI is InChI=1S/C37H48O7SSi/c1-36(2,3)23-35(44-46(7)8)43-30-17-15-28(16-18-30)40-21-9-10-33-32-20-19-31(42-26-39-6)22-34(32)45-24-37(33,4)27-11-13-29(14-12-27)41-25-38-5/h11-20,22,33,35,46H,21,23-26H2,1-8H3. The molecule has 1 heterocycles. The first-order valence-corrected chi connectivity index (χ1v) is 19.4. The van der Waals surface area contributed by atoms with Crippen LogP contribution in [0.1, 0.15) is 51.2 Å². The summed E-state index contributed by atoms with van der Waals surface area (Å²) < 4.78 is 39.9. The molecule has 46 heavy (non-hydrogen) atoms. The van der Waals surface area contributed by atoms with E-state index in [9.17, 15) is 0 Å². The van der Waals surface area contributed by atoms with Crippen LogP contribution in [0.15, 0.2) is 71.6 Å². The molecule has 3 aromatic rings. The van der Waals surface area contributed by atoms with E-state index in [1.165, 1.54) is 11.1 Å². The van der Waals surface area contributed by atoms with Gasteiger partial charge in [-0.25, -0.2) is 0 Å². The molecule has 0 amide bonds. The molecule has 0 bridgehead atoms. The van der Waals surface area contributed by atoms with Crippen LogP contribution in [0.2, 0.25) is 13.1 Å². The fourth-order valence-corrected chi connectivity index (χ4v) is 7.35. The number of methoxy groups -OCH3 is 2. The molecule has 9 heteroatoms. The Bertz CT molecular complexity index is 1440. The van der Waals surface area contributed by atoms with Gasteiger partial charge in [0.2, 0.25) is 0 Å². The SMILES string of the molecule is COCOc1ccc(C2(C)CSc3cc(OCOC)ccc3C2C#CCOc2ccc(OC(CC(C)(C)C)O[SiH](C)C)cc2)cc1. The van der Waals surface area contributed by atoms with E-state index in [0.717, 1.165) is 40.1 Å². The number of thioether (sulfide) groups is 1. The quantitative estimate of drug-likeness (QED) is 0.0976. The first kappa shape index (κ1) is 35.7. The smallest absolute Gasteiger partial charge is 0.191 e.